The molecule has 1 aliphatic heterocycles. The molecule has 0 spiro atoms. The number of hydrogen-bond acceptors (Lipinski definition) is 5. The molecule has 0 aromatic heterocycles. The van der Waals surface area contributed by atoms with Crippen molar-refractivity contribution in [2.45, 2.75) is 32.8 Å². The van der Waals surface area contributed by atoms with Crippen molar-refractivity contribution in [2.75, 3.05) is 19.7 Å². The number of rotatable bonds is 5. The van der Waals surface area contributed by atoms with Crippen LogP contribution in [0.15, 0.2) is 18.2 Å². The number of benzene rings is 1. The van der Waals surface area contributed by atoms with Gasteiger partial charge in [0.05, 0.1) is 12.3 Å². The molecule has 0 saturated carbocycles. The fourth-order valence-electron chi connectivity index (χ4n) is 2.21. The van der Waals surface area contributed by atoms with Crippen LogP contribution < -0.4 is 15.4 Å². The molecule has 1 heterocycles. The van der Waals surface area contributed by atoms with Crippen LogP contribution in [0, 0.1) is 5.41 Å². The Kier molecular flexibility index (Phi) is 5.43. The Bertz CT molecular complexity index is 650. The number of carbonyl (C=O) groups excluding carboxylic acids is 2. The van der Waals surface area contributed by atoms with Gasteiger partial charge in [0.1, 0.15) is 18.0 Å². The monoisotopic (exact) mass is 333 g/mol. The van der Waals surface area contributed by atoms with E-state index in [-0.39, 0.29) is 24.8 Å². The molecule has 0 saturated heterocycles. The lowest BCUT2D eigenvalue weighted by Gasteiger charge is -2.20. The molecular weight excluding hydrogens is 310 g/mol. The highest BCUT2D eigenvalue weighted by atomic mass is 16.6. The van der Waals surface area contributed by atoms with E-state index in [2.05, 4.69) is 10.6 Å². The maximum atomic E-state index is 11.7. The highest BCUT2D eigenvalue weighted by Gasteiger charge is 2.17. The Hall–Kier alpha value is -2.57. The first-order valence-electron chi connectivity index (χ1n) is 7.82. The van der Waals surface area contributed by atoms with Crippen molar-refractivity contribution in [1.82, 2.24) is 10.6 Å². The van der Waals surface area contributed by atoms with Crippen molar-refractivity contribution in [3.63, 3.8) is 0 Å². The zero-order valence-electron chi connectivity index (χ0n) is 14.2. The zero-order valence-corrected chi connectivity index (χ0v) is 14.2. The number of hydrogen-bond donors (Lipinski definition) is 3. The number of alkyl carbamates (subject to hydrolysis) is 1. The standard InChI is InChI=1S/C17H23N3O4/c1-17(2,3)24-16(22)20-9-12(18)10-23-13-4-5-14-11(8-13)6-7-19-15(14)21/h4-5,8,18H,6-7,9-10H2,1-3H3,(H,19,21)(H,20,22). The van der Waals surface area contributed by atoms with Gasteiger partial charge in [0, 0.05) is 12.1 Å². The molecule has 2 amide bonds. The predicted octanol–water partition coefficient (Wildman–Crippen LogP) is 1.90. The summed E-state index contributed by atoms with van der Waals surface area (Å²) in [6.45, 7) is 6.06. The van der Waals surface area contributed by atoms with Crippen LogP contribution in [-0.2, 0) is 11.2 Å². The average Bonchev–Trinajstić information content (AvgIpc) is 2.49. The first-order chi connectivity index (χ1) is 11.2. The molecule has 24 heavy (non-hydrogen) atoms. The van der Waals surface area contributed by atoms with E-state index in [1.807, 2.05) is 6.07 Å². The van der Waals surface area contributed by atoms with Crippen LogP contribution in [0.5, 0.6) is 5.75 Å². The first-order valence-corrected chi connectivity index (χ1v) is 7.82. The third-order valence-electron chi connectivity index (χ3n) is 3.26. The third kappa shape index (κ3) is 5.26. The molecule has 7 nitrogen and oxygen atoms in total. The van der Waals surface area contributed by atoms with Gasteiger partial charge in [0.2, 0.25) is 0 Å². The summed E-state index contributed by atoms with van der Waals surface area (Å²) in [7, 11) is 0. The molecule has 130 valence electrons. The molecule has 0 fully saturated rings. The van der Waals surface area contributed by atoms with Crippen molar-refractivity contribution in [1.29, 1.82) is 5.41 Å². The number of nitrogens with one attached hydrogen (secondary N) is 3. The highest BCUT2D eigenvalue weighted by molar-refractivity contribution is 5.96. The van der Waals surface area contributed by atoms with Crippen molar-refractivity contribution in [3.05, 3.63) is 29.3 Å². The second-order valence-electron chi connectivity index (χ2n) is 6.57. The Morgan fingerprint density at radius 1 is 1.38 bits per heavy atom. The van der Waals surface area contributed by atoms with Gasteiger partial charge in [-0.25, -0.2) is 4.79 Å². The van der Waals surface area contributed by atoms with E-state index in [4.69, 9.17) is 14.9 Å². The minimum Gasteiger partial charge on any atom is -0.488 e. The molecular formula is C17H23N3O4. The van der Waals surface area contributed by atoms with Gasteiger partial charge in [-0.3, -0.25) is 4.79 Å². The lowest BCUT2D eigenvalue weighted by Crippen LogP contribution is -2.36. The van der Waals surface area contributed by atoms with E-state index in [9.17, 15) is 9.59 Å². The van der Waals surface area contributed by atoms with Gasteiger partial charge >= 0.3 is 6.09 Å². The summed E-state index contributed by atoms with van der Waals surface area (Å²) >= 11 is 0. The van der Waals surface area contributed by atoms with Crippen molar-refractivity contribution in [3.8, 4) is 5.75 Å². The average molecular weight is 333 g/mol. The summed E-state index contributed by atoms with van der Waals surface area (Å²) in [5.41, 5.74) is 1.25. The molecule has 3 N–H and O–H groups in total. The van der Waals surface area contributed by atoms with Crippen LogP contribution in [0.3, 0.4) is 0 Å². The maximum Gasteiger partial charge on any atom is 0.407 e. The first kappa shape index (κ1) is 17.8. The van der Waals surface area contributed by atoms with Gasteiger partial charge in [-0.15, -0.1) is 0 Å². The summed E-state index contributed by atoms with van der Waals surface area (Å²) in [6, 6.07) is 5.25. The molecule has 0 bridgehead atoms. The number of carbonyl (C=O) groups is 2. The van der Waals surface area contributed by atoms with Crippen molar-refractivity contribution in [2.24, 2.45) is 0 Å². The number of ether oxygens (including phenoxy) is 2. The molecule has 0 radical (unpaired) electrons. The molecule has 1 aromatic carbocycles. The third-order valence-corrected chi connectivity index (χ3v) is 3.26. The molecule has 0 unspecified atom stereocenters. The lowest BCUT2D eigenvalue weighted by molar-refractivity contribution is 0.0535. The van der Waals surface area contributed by atoms with Gasteiger partial charge in [-0.1, -0.05) is 0 Å². The SMILES string of the molecule is CC(C)(C)OC(=O)NCC(=N)COc1ccc2c(c1)CCNC2=O. The molecule has 0 aliphatic carbocycles. The van der Waals surface area contributed by atoms with Crippen LogP contribution in [0.4, 0.5) is 4.79 Å². The fraction of sp³-hybridized carbons (Fsp3) is 0.471. The van der Waals surface area contributed by atoms with E-state index in [0.29, 0.717) is 17.9 Å². The smallest absolute Gasteiger partial charge is 0.407 e. The Morgan fingerprint density at radius 3 is 2.83 bits per heavy atom. The Balaban J connectivity index is 1.80. The van der Waals surface area contributed by atoms with Gasteiger partial charge < -0.3 is 25.5 Å². The molecule has 2 rings (SSSR count). The number of amides is 2. The number of fused-ring (bicyclic) bond motifs is 1. The molecule has 1 aromatic rings. The van der Waals surface area contributed by atoms with Crippen LogP contribution in [-0.4, -0.2) is 43.0 Å². The molecule has 7 heteroatoms. The van der Waals surface area contributed by atoms with Crippen LogP contribution in [0.1, 0.15) is 36.7 Å². The fourth-order valence-corrected chi connectivity index (χ4v) is 2.21. The van der Waals surface area contributed by atoms with Crippen molar-refractivity contribution >= 4 is 17.7 Å². The Labute approximate surface area is 141 Å². The maximum absolute atomic E-state index is 11.7. The summed E-state index contributed by atoms with van der Waals surface area (Å²) in [5.74, 6) is 0.530. The minimum absolute atomic E-state index is 0.0563. The van der Waals surface area contributed by atoms with E-state index < -0.39 is 11.7 Å². The van der Waals surface area contributed by atoms with Crippen LogP contribution in [0.25, 0.3) is 0 Å². The van der Waals surface area contributed by atoms with Crippen LogP contribution >= 0.6 is 0 Å². The molecule has 1 aliphatic rings. The van der Waals surface area contributed by atoms with Crippen LogP contribution in [0.2, 0.25) is 0 Å². The van der Waals surface area contributed by atoms with E-state index in [0.717, 1.165) is 12.0 Å². The summed E-state index contributed by atoms with van der Waals surface area (Å²) in [4.78, 5) is 23.2. The van der Waals surface area contributed by atoms with E-state index in [1.165, 1.54) is 0 Å². The summed E-state index contributed by atoms with van der Waals surface area (Å²) in [5, 5.41) is 13.1. The van der Waals surface area contributed by atoms with Crippen molar-refractivity contribution < 1.29 is 19.1 Å². The van der Waals surface area contributed by atoms with Gasteiger partial charge in [-0.2, -0.15) is 0 Å². The lowest BCUT2D eigenvalue weighted by atomic mass is 10.0. The summed E-state index contributed by atoms with van der Waals surface area (Å²) < 4.78 is 10.7. The second kappa shape index (κ2) is 7.33. The van der Waals surface area contributed by atoms with Gasteiger partial charge in [0.15, 0.2) is 0 Å². The largest absolute Gasteiger partial charge is 0.488 e. The molecule has 0 atom stereocenters. The zero-order chi connectivity index (χ0) is 17.7. The normalized spacial score (nSPS) is 13.5. The van der Waals surface area contributed by atoms with Gasteiger partial charge in [0.25, 0.3) is 5.91 Å². The van der Waals surface area contributed by atoms with E-state index >= 15 is 0 Å². The van der Waals surface area contributed by atoms with Gasteiger partial charge in [-0.05, 0) is 51.0 Å². The minimum atomic E-state index is -0.571. The highest BCUT2D eigenvalue weighted by Crippen LogP contribution is 2.20. The van der Waals surface area contributed by atoms with E-state index in [1.54, 1.807) is 32.9 Å². The Morgan fingerprint density at radius 2 is 2.12 bits per heavy atom. The topological polar surface area (TPSA) is 101 Å². The quantitative estimate of drug-likeness (QED) is 0.716. The predicted molar refractivity (Wildman–Crippen MR) is 89.9 cm³/mol. The second-order valence-corrected chi connectivity index (χ2v) is 6.57. The summed E-state index contributed by atoms with van der Waals surface area (Å²) in [6.07, 6.45) is 0.197.